The van der Waals surface area contributed by atoms with Gasteiger partial charge in [0.2, 0.25) is 0 Å². The summed E-state index contributed by atoms with van der Waals surface area (Å²) in [4.78, 5) is 17.4. The third kappa shape index (κ3) is 3.04. The summed E-state index contributed by atoms with van der Waals surface area (Å²) < 4.78 is 0. The molecule has 1 heterocycles. The largest absolute Gasteiger partial charge is 0.380 e. The van der Waals surface area contributed by atoms with E-state index in [1.54, 1.807) is 12.5 Å². The molecule has 180 valence electrons. The van der Waals surface area contributed by atoms with Gasteiger partial charge in [-0.2, -0.15) is 0 Å². The van der Waals surface area contributed by atoms with Crippen LogP contribution in [0.1, 0.15) is 85.5 Å². The van der Waals surface area contributed by atoms with E-state index in [1.807, 2.05) is 18.9 Å². The fraction of sp³-hybridized carbons (Fsp3) is 0.893. The number of amides is 1. The molecular weight excluding hydrogens is 396 g/mol. The summed E-state index contributed by atoms with van der Waals surface area (Å²) in [6, 6.07) is 0.984. The fourth-order valence-electron chi connectivity index (χ4n) is 9.47. The fourth-order valence-corrected chi connectivity index (χ4v) is 9.47. The quantitative estimate of drug-likeness (QED) is 0.634. The molecule has 4 nitrogen and oxygen atoms in total. The predicted octanol–water partition coefficient (Wildman–Crippen LogP) is 4.87. The van der Waals surface area contributed by atoms with Gasteiger partial charge in [0.05, 0.1) is 0 Å². The van der Waals surface area contributed by atoms with Gasteiger partial charge in [0.1, 0.15) is 5.60 Å². The average Bonchev–Trinajstić information content (AvgIpc) is 3.26. The first-order valence-electron chi connectivity index (χ1n) is 13.4. The predicted molar refractivity (Wildman–Crippen MR) is 129 cm³/mol. The molecule has 1 spiro atoms. The van der Waals surface area contributed by atoms with Crippen molar-refractivity contribution < 1.29 is 9.90 Å². The van der Waals surface area contributed by atoms with Gasteiger partial charge >= 0.3 is 0 Å². The van der Waals surface area contributed by atoms with Crippen molar-refractivity contribution in [1.29, 1.82) is 0 Å². The molecule has 4 aliphatic carbocycles. The summed E-state index contributed by atoms with van der Waals surface area (Å²) in [6.45, 7) is 9.91. The Kier molecular flexibility index (Phi) is 5.41. The van der Waals surface area contributed by atoms with Crippen LogP contribution in [-0.2, 0) is 4.79 Å². The van der Waals surface area contributed by atoms with Gasteiger partial charge in [0, 0.05) is 25.7 Å². The van der Waals surface area contributed by atoms with Crippen LogP contribution in [0.25, 0.3) is 0 Å². The third-order valence-corrected chi connectivity index (χ3v) is 11.7. The van der Waals surface area contributed by atoms with Crippen molar-refractivity contribution in [3.05, 3.63) is 11.6 Å². The minimum absolute atomic E-state index is 0.112. The van der Waals surface area contributed by atoms with Gasteiger partial charge in [-0.15, -0.1) is 0 Å². The molecule has 0 aromatic carbocycles. The van der Waals surface area contributed by atoms with Gasteiger partial charge in [-0.3, -0.25) is 4.79 Å². The van der Waals surface area contributed by atoms with Crippen molar-refractivity contribution in [3.8, 4) is 0 Å². The maximum atomic E-state index is 12.9. The van der Waals surface area contributed by atoms with E-state index in [0.29, 0.717) is 17.3 Å². The van der Waals surface area contributed by atoms with Crippen LogP contribution in [-0.4, -0.2) is 59.1 Å². The first-order valence-corrected chi connectivity index (χ1v) is 13.4. The van der Waals surface area contributed by atoms with E-state index in [0.717, 1.165) is 42.6 Å². The molecule has 1 N–H and O–H groups in total. The molecule has 32 heavy (non-hydrogen) atoms. The van der Waals surface area contributed by atoms with Gasteiger partial charge in [-0.25, -0.2) is 0 Å². The van der Waals surface area contributed by atoms with Crippen molar-refractivity contribution >= 4 is 5.91 Å². The Morgan fingerprint density at radius 2 is 1.94 bits per heavy atom. The molecule has 4 heteroatoms. The van der Waals surface area contributed by atoms with Crippen LogP contribution in [0, 0.1) is 34.5 Å². The van der Waals surface area contributed by atoms with E-state index in [2.05, 4.69) is 31.9 Å². The summed E-state index contributed by atoms with van der Waals surface area (Å²) in [6.07, 6.45) is 13.3. The summed E-state index contributed by atoms with van der Waals surface area (Å²) in [5, 5.41) is 10.5. The van der Waals surface area contributed by atoms with Crippen LogP contribution >= 0.6 is 0 Å². The second kappa shape index (κ2) is 7.57. The van der Waals surface area contributed by atoms with Crippen molar-refractivity contribution in [1.82, 2.24) is 9.80 Å². The number of carbonyl (C=O) groups excluding carboxylic acids is 1. The van der Waals surface area contributed by atoms with E-state index in [9.17, 15) is 9.90 Å². The molecule has 5 aliphatic rings. The van der Waals surface area contributed by atoms with Gasteiger partial charge in [0.15, 0.2) is 0 Å². The van der Waals surface area contributed by atoms with Crippen molar-refractivity contribution in [2.45, 2.75) is 103 Å². The summed E-state index contributed by atoms with van der Waals surface area (Å²) >= 11 is 0. The third-order valence-electron chi connectivity index (χ3n) is 11.7. The number of hydrogen-bond donors (Lipinski definition) is 1. The smallest absolute Gasteiger partial charge is 0.254 e. The Balaban J connectivity index is 1.36. The molecule has 1 unspecified atom stereocenters. The average molecular weight is 443 g/mol. The summed E-state index contributed by atoms with van der Waals surface area (Å²) in [7, 11) is 4.27. The normalized spacial score (nSPS) is 47.5. The van der Waals surface area contributed by atoms with Crippen molar-refractivity contribution in [3.63, 3.8) is 0 Å². The lowest BCUT2D eigenvalue weighted by molar-refractivity contribution is -0.151. The Labute approximate surface area is 195 Å². The Hall–Kier alpha value is -0.870. The molecule has 1 amide bonds. The molecule has 5 rings (SSSR count). The van der Waals surface area contributed by atoms with E-state index in [1.165, 1.54) is 45.1 Å². The van der Waals surface area contributed by atoms with Gasteiger partial charge in [-0.05, 0) is 113 Å². The topological polar surface area (TPSA) is 43.8 Å². The van der Waals surface area contributed by atoms with Crippen LogP contribution in [0.2, 0.25) is 0 Å². The van der Waals surface area contributed by atoms with Crippen LogP contribution in [0.5, 0.6) is 0 Å². The van der Waals surface area contributed by atoms with E-state index < -0.39 is 5.60 Å². The number of rotatable bonds is 3. The Bertz CT molecular complexity index is 805. The number of likely N-dealkylation sites (N-methyl/N-ethyl adjacent to an activating group) is 1. The number of nitrogens with zero attached hydrogens (tertiary/aromatic N) is 2. The SMILES string of the molecule is CCC(C)(O)C(=O)N(C)[C@H]1CC[C@@]2(C)C(=CC[C@H]3[C@@H]4CC[C@@H]5[C@H](C)N(C)C[C@@]54CC[C@@H]32)C1. The standard InChI is InChI=1S/C28H46N2O2/c1-7-27(4,32)25(31)30(6)20-12-14-26(3)19(16-20)8-9-21-23(26)13-15-28-17-29(5)18(2)22(28)10-11-24(21)28/h8,18,20-24,32H,7,9-17H2,1-6H3/t18-,20-,21+,22+,23-,24-,26-,27?,28-/m0/s1. The van der Waals surface area contributed by atoms with Crippen LogP contribution in [0.3, 0.4) is 0 Å². The highest BCUT2D eigenvalue weighted by Gasteiger charge is 2.64. The van der Waals surface area contributed by atoms with Crippen molar-refractivity contribution in [2.75, 3.05) is 20.6 Å². The maximum absolute atomic E-state index is 12.9. The highest BCUT2D eigenvalue weighted by atomic mass is 16.3. The molecule has 4 fully saturated rings. The zero-order chi connectivity index (χ0) is 23.1. The number of likely N-dealkylation sites (tertiary alicyclic amines) is 1. The number of hydrogen-bond acceptors (Lipinski definition) is 3. The zero-order valence-corrected chi connectivity index (χ0v) is 21.4. The first-order chi connectivity index (χ1) is 15.0. The molecule has 0 radical (unpaired) electrons. The molecule has 9 atom stereocenters. The number of aliphatic hydroxyl groups is 1. The van der Waals surface area contributed by atoms with Crippen molar-refractivity contribution in [2.24, 2.45) is 34.5 Å². The maximum Gasteiger partial charge on any atom is 0.254 e. The highest BCUT2D eigenvalue weighted by molar-refractivity contribution is 5.84. The van der Waals surface area contributed by atoms with Gasteiger partial charge in [0.25, 0.3) is 5.91 Å². The first kappa shape index (κ1) is 22.9. The lowest BCUT2D eigenvalue weighted by Crippen LogP contribution is -2.54. The van der Waals surface area contributed by atoms with Crippen LogP contribution < -0.4 is 0 Å². The molecule has 1 saturated heterocycles. The molecule has 1 aliphatic heterocycles. The van der Waals surface area contributed by atoms with Crippen LogP contribution in [0.4, 0.5) is 0 Å². The highest BCUT2D eigenvalue weighted by Crippen LogP contribution is 2.68. The summed E-state index contributed by atoms with van der Waals surface area (Å²) in [5.74, 6) is 3.39. The Morgan fingerprint density at radius 3 is 2.66 bits per heavy atom. The molecule has 0 aromatic heterocycles. The second-order valence-corrected chi connectivity index (χ2v) is 12.8. The van der Waals surface area contributed by atoms with E-state index in [-0.39, 0.29) is 11.9 Å². The number of allylic oxidation sites excluding steroid dienone is 1. The molecular formula is C28H46N2O2. The van der Waals surface area contributed by atoms with Crippen LogP contribution in [0.15, 0.2) is 11.6 Å². The minimum atomic E-state index is -1.25. The van der Waals surface area contributed by atoms with Gasteiger partial charge in [-0.1, -0.05) is 25.5 Å². The second-order valence-electron chi connectivity index (χ2n) is 12.8. The monoisotopic (exact) mass is 442 g/mol. The van der Waals surface area contributed by atoms with E-state index in [4.69, 9.17) is 0 Å². The molecule has 0 bridgehead atoms. The van der Waals surface area contributed by atoms with Gasteiger partial charge < -0.3 is 14.9 Å². The molecule has 3 saturated carbocycles. The summed E-state index contributed by atoms with van der Waals surface area (Å²) in [5.41, 5.74) is 1.27. The lowest BCUT2D eigenvalue weighted by Gasteiger charge is -2.58. The molecule has 0 aromatic rings. The number of fused-ring (bicyclic) bond motifs is 4. The zero-order valence-electron chi connectivity index (χ0n) is 21.4. The number of carbonyl (C=O) groups is 1. The minimum Gasteiger partial charge on any atom is -0.380 e. The Morgan fingerprint density at radius 1 is 1.22 bits per heavy atom. The lowest BCUT2D eigenvalue weighted by atomic mass is 9.47. The van der Waals surface area contributed by atoms with E-state index >= 15 is 0 Å².